The van der Waals surface area contributed by atoms with E-state index < -0.39 is 6.10 Å². The molecule has 2 atom stereocenters. The lowest BCUT2D eigenvalue weighted by molar-refractivity contribution is 0.000506. The van der Waals surface area contributed by atoms with Crippen molar-refractivity contribution in [1.82, 2.24) is 0 Å². The van der Waals surface area contributed by atoms with E-state index in [4.69, 9.17) is 4.74 Å². The van der Waals surface area contributed by atoms with Crippen molar-refractivity contribution in [3.05, 3.63) is 12.2 Å². The minimum atomic E-state index is -0.414. The van der Waals surface area contributed by atoms with Gasteiger partial charge in [0.2, 0.25) is 0 Å². The third-order valence-electron chi connectivity index (χ3n) is 1.47. The fourth-order valence-electron chi connectivity index (χ4n) is 0.680. The minimum Gasteiger partial charge on any atom is -0.390 e. The van der Waals surface area contributed by atoms with Crippen molar-refractivity contribution in [2.75, 3.05) is 7.11 Å². The first-order valence-electron chi connectivity index (χ1n) is 3.43. The summed E-state index contributed by atoms with van der Waals surface area (Å²) in [7, 11) is 1.59. The molecule has 10 heavy (non-hydrogen) atoms. The average molecular weight is 144 g/mol. The van der Waals surface area contributed by atoms with E-state index in [2.05, 4.69) is 6.58 Å². The molecule has 0 aliphatic carbocycles. The van der Waals surface area contributed by atoms with E-state index in [1.165, 1.54) is 0 Å². The van der Waals surface area contributed by atoms with Gasteiger partial charge in [0, 0.05) is 7.11 Å². The Morgan fingerprint density at radius 1 is 1.70 bits per heavy atom. The molecule has 0 aromatic carbocycles. The summed E-state index contributed by atoms with van der Waals surface area (Å²) < 4.78 is 4.92. The first kappa shape index (κ1) is 9.66. The molecule has 0 bridgehead atoms. The van der Waals surface area contributed by atoms with Crippen LogP contribution in [-0.4, -0.2) is 24.4 Å². The van der Waals surface area contributed by atoms with Gasteiger partial charge in [0.15, 0.2) is 0 Å². The summed E-state index contributed by atoms with van der Waals surface area (Å²) in [6, 6.07) is 0. The molecule has 0 aromatic rings. The van der Waals surface area contributed by atoms with Gasteiger partial charge in [0.25, 0.3) is 0 Å². The molecular weight excluding hydrogens is 128 g/mol. The Kier molecular flexibility index (Phi) is 4.32. The zero-order chi connectivity index (χ0) is 8.15. The molecule has 0 rings (SSSR count). The van der Waals surface area contributed by atoms with Crippen molar-refractivity contribution in [3.63, 3.8) is 0 Å². The van der Waals surface area contributed by atoms with Crippen LogP contribution in [0.15, 0.2) is 12.2 Å². The van der Waals surface area contributed by atoms with Gasteiger partial charge in [0.05, 0.1) is 12.2 Å². The van der Waals surface area contributed by atoms with Crippen LogP contribution in [0.5, 0.6) is 0 Å². The summed E-state index contributed by atoms with van der Waals surface area (Å²) in [6.45, 7) is 7.43. The van der Waals surface area contributed by atoms with E-state index in [1.54, 1.807) is 7.11 Å². The highest BCUT2D eigenvalue weighted by molar-refractivity contribution is 4.91. The first-order chi connectivity index (χ1) is 4.57. The Balaban J connectivity index is 3.61. The molecule has 60 valence electrons. The summed E-state index contributed by atoms with van der Waals surface area (Å²) in [5.74, 6) is 0. The zero-order valence-electron chi connectivity index (χ0n) is 6.92. The van der Waals surface area contributed by atoms with Crippen LogP contribution in [-0.2, 0) is 4.74 Å². The van der Waals surface area contributed by atoms with E-state index in [0.717, 1.165) is 5.57 Å². The summed E-state index contributed by atoms with van der Waals surface area (Å²) in [5.41, 5.74) is 0.983. The second-order valence-electron chi connectivity index (χ2n) is 2.67. The van der Waals surface area contributed by atoms with E-state index in [-0.39, 0.29) is 6.10 Å². The molecule has 0 fully saturated rings. The molecule has 0 saturated carbocycles. The van der Waals surface area contributed by atoms with Gasteiger partial charge < -0.3 is 9.84 Å². The molecule has 2 unspecified atom stereocenters. The molecule has 0 saturated heterocycles. The molecule has 1 N–H and O–H groups in total. The maximum Gasteiger partial charge on any atom is 0.0835 e. The predicted octanol–water partition coefficient (Wildman–Crippen LogP) is 1.35. The highest BCUT2D eigenvalue weighted by atomic mass is 16.5. The fourth-order valence-corrected chi connectivity index (χ4v) is 0.680. The SMILES string of the molecule is C=C(C)CC(O)C(C)OC. The summed E-state index contributed by atoms with van der Waals surface area (Å²) >= 11 is 0. The number of methoxy groups -OCH3 is 1. The molecule has 0 heterocycles. The van der Waals surface area contributed by atoms with Crippen molar-refractivity contribution in [3.8, 4) is 0 Å². The average Bonchev–Trinajstić information content (AvgIpc) is 1.85. The Labute approximate surface area is 62.5 Å². The van der Waals surface area contributed by atoms with Crippen LogP contribution in [0, 0.1) is 0 Å². The second kappa shape index (κ2) is 4.47. The summed E-state index contributed by atoms with van der Waals surface area (Å²) in [6.07, 6.45) is 0.105. The first-order valence-corrected chi connectivity index (χ1v) is 3.43. The topological polar surface area (TPSA) is 29.5 Å². The van der Waals surface area contributed by atoms with Crippen LogP contribution >= 0.6 is 0 Å². The molecule has 0 aliphatic heterocycles. The van der Waals surface area contributed by atoms with Crippen molar-refractivity contribution < 1.29 is 9.84 Å². The summed E-state index contributed by atoms with van der Waals surface area (Å²) in [5, 5.41) is 9.30. The number of rotatable bonds is 4. The monoisotopic (exact) mass is 144 g/mol. The largest absolute Gasteiger partial charge is 0.390 e. The van der Waals surface area contributed by atoms with Gasteiger partial charge >= 0.3 is 0 Å². The van der Waals surface area contributed by atoms with Crippen LogP contribution in [0.2, 0.25) is 0 Å². The predicted molar refractivity (Wildman–Crippen MR) is 41.9 cm³/mol. The Bertz CT molecular complexity index is 110. The number of aliphatic hydroxyl groups excluding tert-OH is 1. The minimum absolute atomic E-state index is 0.100. The van der Waals surface area contributed by atoms with Crippen molar-refractivity contribution in [2.45, 2.75) is 32.5 Å². The van der Waals surface area contributed by atoms with Gasteiger partial charge in [-0.25, -0.2) is 0 Å². The third-order valence-corrected chi connectivity index (χ3v) is 1.47. The van der Waals surface area contributed by atoms with Crippen molar-refractivity contribution >= 4 is 0 Å². The fraction of sp³-hybridized carbons (Fsp3) is 0.750. The lowest BCUT2D eigenvalue weighted by atomic mass is 10.1. The Morgan fingerprint density at radius 2 is 2.20 bits per heavy atom. The Hall–Kier alpha value is -0.340. The van der Waals surface area contributed by atoms with E-state index >= 15 is 0 Å². The molecule has 0 radical (unpaired) electrons. The molecule has 0 aliphatic rings. The van der Waals surface area contributed by atoms with Gasteiger partial charge in [-0.15, -0.1) is 6.58 Å². The number of ether oxygens (including phenoxy) is 1. The standard InChI is InChI=1S/C8H16O2/c1-6(2)5-8(9)7(3)10-4/h7-9H,1,5H2,2-4H3. The molecular formula is C8H16O2. The molecule has 0 aromatic heterocycles. The maximum atomic E-state index is 9.30. The maximum absolute atomic E-state index is 9.30. The van der Waals surface area contributed by atoms with Crippen LogP contribution in [0.25, 0.3) is 0 Å². The van der Waals surface area contributed by atoms with Gasteiger partial charge in [0.1, 0.15) is 0 Å². The Morgan fingerprint density at radius 3 is 2.50 bits per heavy atom. The van der Waals surface area contributed by atoms with Crippen LogP contribution in [0.1, 0.15) is 20.3 Å². The van der Waals surface area contributed by atoms with Gasteiger partial charge in [-0.2, -0.15) is 0 Å². The van der Waals surface area contributed by atoms with Crippen LogP contribution in [0.4, 0.5) is 0 Å². The molecule has 0 amide bonds. The zero-order valence-corrected chi connectivity index (χ0v) is 6.92. The quantitative estimate of drug-likeness (QED) is 0.603. The van der Waals surface area contributed by atoms with Crippen LogP contribution < -0.4 is 0 Å². The highest BCUT2D eigenvalue weighted by Crippen LogP contribution is 2.07. The van der Waals surface area contributed by atoms with E-state index in [0.29, 0.717) is 6.42 Å². The van der Waals surface area contributed by atoms with Crippen molar-refractivity contribution in [1.29, 1.82) is 0 Å². The van der Waals surface area contributed by atoms with Crippen LogP contribution in [0.3, 0.4) is 0 Å². The number of hydrogen-bond acceptors (Lipinski definition) is 2. The number of aliphatic hydroxyl groups is 1. The normalized spacial score (nSPS) is 16.4. The lowest BCUT2D eigenvalue weighted by Crippen LogP contribution is -2.24. The van der Waals surface area contributed by atoms with Gasteiger partial charge in [-0.3, -0.25) is 0 Å². The number of hydrogen-bond donors (Lipinski definition) is 1. The molecule has 2 nitrogen and oxygen atoms in total. The second-order valence-corrected chi connectivity index (χ2v) is 2.67. The third kappa shape index (κ3) is 3.64. The van der Waals surface area contributed by atoms with Gasteiger partial charge in [-0.1, -0.05) is 5.57 Å². The molecule has 2 heteroatoms. The van der Waals surface area contributed by atoms with Gasteiger partial charge in [-0.05, 0) is 20.3 Å². The lowest BCUT2D eigenvalue weighted by Gasteiger charge is -2.16. The molecule has 0 spiro atoms. The smallest absolute Gasteiger partial charge is 0.0835 e. The van der Waals surface area contributed by atoms with E-state index in [1.807, 2.05) is 13.8 Å². The highest BCUT2D eigenvalue weighted by Gasteiger charge is 2.12. The van der Waals surface area contributed by atoms with E-state index in [9.17, 15) is 5.11 Å². The summed E-state index contributed by atoms with van der Waals surface area (Å²) in [4.78, 5) is 0. The van der Waals surface area contributed by atoms with Crippen molar-refractivity contribution in [2.24, 2.45) is 0 Å².